The molecule has 0 aliphatic carbocycles. The van der Waals surface area contributed by atoms with Gasteiger partial charge >= 0.3 is 0 Å². The Bertz CT molecular complexity index is 467. The molecule has 1 aromatic heterocycles. The lowest BCUT2D eigenvalue weighted by Gasteiger charge is -2.03. The van der Waals surface area contributed by atoms with E-state index >= 15 is 0 Å². The van der Waals surface area contributed by atoms with E-state index in [-0.39, 0.29) is 0 Å². The number of hydrogen-bond acceptors (Lipinski definition) is 4. The number of benzene rings is 1. The summed E-state index contributed by atoms with van der Waals surface area (Å²) in [5.41, 5.74) is 7.90. The molecule has 16 heavy (non-hydrogen) atoms. The average Bonchev–Trinajstić information content (AvgIpc) is 2.67. The van der Waals surface area contributed by atoms with Crippen LogP contribution in [0.1, 0.15) is 11.4 Å². The number of nitrogen functional groups attached to an aromatic ring is 1. The van der Waals surface area contributed by atoms with Crippen molar-refractivity contribution in [3.63, 3.8) is 0 Å². The van der Waals surface area contributed by atoms with Gasteiger partial charge in [-0.1, -0.05) is 30.0 Å². The van der Waals surface area contributed by atoms with E-state index in [1.165, 1.54) is 5.56 Å². The predicted molar refractivity (Wildman–Crippen MR) is 66.4 cm³/mol. The second kappa shape index (κ2) is 5.03. The summed E-state index contributed by atoms with van der Waals surface area (Å²) in [4.78, 5) is 4.23. The van der Waals surface area contributed by atoms with E-state index in [4.69, 9.17) is 5.73 Å². The molecule has 0 aliphatic rings. The summed E-state index contributed by atoms with van der Waals surface area (Å²) in [6, 6.07) is 7.94. The number of anilines is 1. The van der Waals surface area contributed by atoms with E-state index in [9.17, 15) is 0 Å². The van der Waals surface area contributed by atoms with E-state index in [0.29, 0.717) is 0 Å². The largest absolute Gasteiger partial charge is 0.399 e. The summed E-state index contributed by atoms with van der Waals surface area (Å²) >= 11 is 1.64. The zero-order valence-electron chi connectivity index (χ0n) is 9.10. The van der Waals surface area contributed by atoms with E-state index in [0.717, 1.165) is 28.8 Å². The van der Waals surface area contributed by atoms with Gasteiger partial charge in [-0.25, -0.2) is 4.98 Å². The van der Waals surface area contributed by atoms with Gasteiger partial charge in [-0.3, -0.25) is 5.10 Å². The van der Waals surface area contributed by atoms with Gasteiger partial charge in [0.1, 0.15) is 5.82 Å². The van der Waals surface area contributed by atoms with Crippen LogP contribution in [0.4, 0.5) is 5.69 Å². The van der Waals surface area contributed by atoms with Crippen LogP contribution in [0, 0.1) is 6.92 Å². The number of aryl methyl sites for hydroxylation is 2. The smallest absolute Gasteiger partial charge is 0.208 e. The van der Waals surface area contributed by atoms with E-state index in [1.54, 1.807) is 11.8 Å². The van der Waals surface area contributed by atoms with Gasteiger partial charge in [0.25, 0.3) is 0 Å². The molecule has 0 radical (unpaired) electrons. The van der Waals surface area contributed by atoms with Crippen molar-refractivity contribution in [1.29, 1.82) is 0 Å². The van der Waals surface area contributed by atoms with Gasteiger partial charge in [-0.05, 0) is 25.0 Å². The Labute approximate surface area is 98.7 Å². The molecule has 1 heterocycles. The van der Waals surface area contributed by atoms with Crippen molar-refractivity contribution in [2.24, 2.45) is 0 Å². The molecular weight excluding hydrogens is 220 g/mol. The Morgan fingerprint density at radius 2 is 2.19 bits per heavy atom. The van der Waals surface area contributed by atoms with Gasteiger partial charge in [0, 0.05) is 11.4 Å². The molecule has 0 spiro atoms. The molecule has 2 rings (SSSR count). The Balaban J connectivity index is 1.87. The maximum Gasteiger partial charge on any atom is 0.208 e. The van der Waals surface area contributed by atoms with Gasteiger partial charge in [0.15, 0.2) is 0 Å². The Kier molecular flexibility index (Phi) is 3.46. The summed E-state index contributed by atoms with van der Waals surface area (Å²) in [5.74, 6) is 1.78. The number of rotatable bonds is 4. The number of aromatic nitrogens is 3. The number of aromatic amines is 1. The third kappa shape index (κ3) is 2.76. The van der Waals surface area contributed by atoms with Crippen molar-refractivity contribution in [2.75, 3.05) is 11.5 Å². The van der Waals surface area contributed by atoms with Crippen molar-refractivity contribution in [2.45, 2.75) is 18.5 Å². The predicted octanol–water partition coefficient (Wildman–Crippen LogP) is 2.03. The van der Waals surface area contributed by atoms with Crippen molar-refractivity contribution in [3.05, 3.63) is 35.7 Å². The lowest BCUT2D eigenvalue weighted by atomic mass is 10.1. The van der Waals surface area contributed by atoms with Crippen LogP contribution >= 0.6 is 11.8 Å². The molecule has 5 heteroatoms. The summed E-state index contributed by atoms with van der Waals surface area (Å²) in [7, 11) is 0. The SMILES string of the molecule is Cc1nc(SCCc2ccccc2N)n[nH]1. The maximum atomic E-state index is 5.86. The zero-order chi connectivity index (χ0) is 11.4. The highest BCUT2D eigenvalue weighted by molar-refractivity contribution is 7.99. The van der Waals surface area contributed by atoms with Gasteiger partial charge in [-0.15, -0.1) is 5.10 Å². The molecule has 0 saturated carbocycles. The van der Waals surface area contributed by atoms with Crippen molar-refractivity contribution >= 4 is 17.4 Å². The second-order valence-electron chi connectivity index (χ2n) is 3.50. The number of nitrogens with zero attached hydrogens (tertiary/aromatic N) is 2. The molecule has 2 aromatic rings. The molecule has 0 unspecified atom stereocenters. The third-order valence-electron chi connectivity index (χ3n) is 2.23. The highest BCUT2D eigenvalue weighted by Gasteiger charge is 2.02. The fourth-order valence-electron chi connectivity index (χ4n) is 1.40. The fraction of sp³-hybridized carbons (Fsp3) is 0.273. The number of H-pyrrole nitrogens is 1. The Morgan fingerprint density at radius 3 is 2.88 bits per heavy atom. The van der Waals surface area contributed by atoms with Gasteiger partial charge < -0.3 is 5.73 Å². The number of thioether (sulfide) groups is 1. The van der Waals surface area contributed by atoms with E-state index in [2.05, 4.69) is 21.2 Å². The van der Waals surface area contributed by atoms with Crippen LogP contribution in [0.15, 0.2) is 29.4 Å². The first-order valence-electron chi connectivity index (χ1n) is 5.11. The van der Waals surface area contributed by atoms with E-state index in [1.807, 2.05) is 25.1 Å². The van der Waals surface area contributed by atoms with Crippen molar-refractivity contribution in [3.8, 4) is 0 Å². The molecule has 0 amide bonds. The minimum Gasteiger partial charge on any atom is -0.399 e. The standard InChI is InChI=1S/C11H14N4S/c1-8-13-11(15-14-8)16-7-6-9-4-2-3-5-10(9)12/h2-5H,6-7,12H2,1H3,(H,13,14,15). The zero-order valence-corrected chi connectivity index (χ0v) is 9.92. The highest BCUT2D eigenvalue weighted by Crippen LogP contribution is 2.17. The van der Waals surface area contributed by atoms with Crippen LogP contribution in [-0.4, -0.2) is 20.9 Å². The lowest BCUT2D eigenvalue weighted by molar-refractivity contribution is 0.967. The summed E-state index contributed by atoms with van der Waals surface area (Å²) in [6.45, 7) is 1.90. The van der Waals surface area contributed by atoms with Crippen molar-refractivity contribution < 1.29 is 0 Å². The third-order valence-corrected chi connectivity index (χ3v) is 3.08. The fourth-order valence-corrected chi connectivity index (χ4v) is 2.22. The number of para-hydroxylation sites is 1. The molecule has 84 valence electrons. The average molecular weight is 234 g/mol. The number of nitrogens with two attached hydrogens (primary N) is 1. The van der Waals surface area contributed by atoms with Crippen LogP contribution in [0.2, 0.25) is 0 Å². The minimum absolute atomic E-state index is 0.798. The molecule has 0 bridgehead atoms. The van der Waals surface area contributed by atoms with Crippen LogP contribution in [-0.2, 0) is 6.42 Å². The highest BCUT2D eigenvalue weighted by atomic mass is 32.2. The summed E-state index contributed by atoms with van der Waals surface area (Å²) < 4.78 is 0. The molecule has 0 fully saturated rings. The Hall–Kier alpha value is -1.49. The van der Waals surface area contributed by atoms with Crippen LogP contribution in [0.5, 0.6) is 0 Å². The Morgan fingerprint density at radius 1 is 1.38 bits per heavy atom. The molecule has 0 aliphatic heterocycles. The summed E-state index contributed by atoms with van der Waals surface area (Å²) in [6.07, 6.45) is 0.935. The van der Waals surface area contributed by atoms with Gasteiger partial charge in [-0.2, -0.15) is 0 Å². The van der Waals surface area contributed by atoms with Gasteiger partial charge in [0.05, 0.1) is 0 Å². The molecule has 3 N–H and O–H groups in total. The first-order chi connectivity index (χ1) is 7.75. The van der Waals surface area contributed by atoms with Crippen LogP contribution < -0.4 is 5.73 Å². The first-order valence-corrected chi connectivity index (χ1v) is 6.09. The maximum absolute atomic E-state index is 5.86. The summed E-state index contributed by atoms with van der Waals surface area (Å²) in [5, 5.41) is 7.69. The van der Waals surface area contributed by atoms with E-state index < -0.39 is 0 Å². The van der Waals surface area contributed by atoms with Gasteiger partial charge in [0.2, 0.25) is 5.16 Å². The number of nitrogens with one attached hydrogen (secondary N) is 1. The molecular formula is C11H14N4S. The molecule has 1 aromatic carbocycles. The quantitative estimate of drug-likeness (QED) is 0.627. The normalized spacial score (nSPS) is 10.6. The molecule has 0 atom stereocenters. The molecule has 4 nitrogen and oxygen atoms in total. The second-order valence-corrected chi connectivity index (χ2v) is 4.56. The topological polar surface area (TPSA) is 67.6 Å². The monoisotopic (exact) mass is 234 g/mol. The van der Waals surface area contributed by atoms with Crippen molar-refractivity contribution in [1.82, 2.24) is 15.2 Å². The number of hydrogen-bond donors (Lipinski definition) is 2. The van der Waals surface area contributed by atoms with Crippen LogP contribution in [0.25, 0.3) is 0 Å². The molecule has 0 saturated heterocycles. The lowest BCUT2D eigenvalue weighted by Crippen LogP contribution is -1.95. The minimum atomic E-state index is 0.798. The van der Waals surface area contributed by atoms with Crippen LogP contribution in [0.3, 0.4) is 0 Å². The first kappa shape index (κ1) is 11.0.